The molecule has 0 spiro atoms. The summed E-state index contributed by atoms with van der Waals surface area (Å²) in [6.07, 6.45) is -1.05. The normalized spacial score (nSPS) is 16.7. The molecule has 2 fully saturated rings. The van der Waals surface area contributed by atoms with Crippen molar-refractivity contribution in [3.05, 3.63) is 68.6 Å². The minimum absolute atomic E-state index is 0.00561. The Morgan fingerprint density at radius 1 is 1.10 bits per heavy atom. The number of aryl methyl sites for hydroxylation is 1. The van der Waals surface area contributed by atoms with Gasteiger partial charge in [-0.2, -0.15) is 13.2 Å². The molecule has 2 saturated heterocycles. The number of fused-ring (bicyclic) bond motifs is 1. The van der Waals surface area contributed by atoms with Crippen LogP contribution in [0.5, 0.6) is 5.75 Å². The zero-order valence-corrected chi connectivity index (χ0v) is 29.6. The first-order valence-electron chi connectivity index (χ1n) is 16.7. The Balaban J connectivity index is 1.38. The Bertz CT molecular complexity index is 2090. The molecule has 1 aromatic carbocycles. The van der Waals surface area contributed by atoms with Crippen molar-refractivity contribution in [2.24, 2.45) is 0 Å². The first-order valence-corrected chi connectivity index (χ1v) is 17.1. The largest absolute Gasteiger partial charge is 0.504 e. The number of anilines is 3. The topological polar surface area (TPSA) is 159 Å². The minimum Gasteiger partial charge on any atom is -0.504 e. The molecule has 3 aromatic heterocycles. The van der Waals surface area contributed by atoms with Crippen molar-refractivity contribution in [3.8, 4) is 5.75 Å². The highest BCUT2D eigenvalue weighted by atomic mass is 35.5. The summed E-state index contributed by atoms with van der Waals surface area (Å²) in [5, 5.41) is 12.8. The lowest BCUT2D eigenvalue weighted by atomic mass is 10.1. The Kier molecular flexibility index (Phi) is 10.3. The molecule has 2 amide bonds. The van der Waals surface area contributed by atoms with Crippen molar-refractivity contribution in [3.63, 3.8) is 0 Å². The highest BCUT2D eigenvalue weighted by Crippen LogP contribution is 2.34. The van der Waals surface area contributed by atoms with Crippen molar-refractivity contribution in [2.45, 2.75) is 58.5 Å². The fourth-order valence-electron chi connectivity index (χ4n) is 6.56. The van der Waals surface area contributed by atoms with Crippen LogP contribution in [0.25, 0.3) is 11.2 Å². The van der Waals surface area contributed by atoms with Crippen LogP contribution in [0, 0.1) is 6.92 Å². The van der Waals surface area contributed by atoms with Gasteiger partial charge in [0.05, 0.1) is 34.3 Å². The van der Waals surface area contributed by atoms with Gasteiger partial charge in [0.15, 0.2) is 22.6 Å². The van der Waals surface area contributed by atoms with Gasteiger partial charge in [0.25, 0.3) is 5.91 Å². The molecule has 6 rings (SSSR count). The number of aromatic hydroxyl groups is 1. The van der Waals surface area contributed by atoms with Crippen LogP contribution < -0.4 is 20.5 Å². The summed E-state index contributed by atoms with van der Waals surface area (Å²) >= 11 is 6.13. The molecule has 2 N–H and O–H groups in total. The monoisotopic (exact) mass is 743 g/mol. The van der Waals surface area contributed by atoms with E-state index in [2.05, 4.69) is 20.3 Å². The van der Waals surface area contributed by atoms with E-state index in [0.717, 1.165) is 18.2 Å². The molecule has 2 aliphatic rings. The summed E-state index contributed by atoms with van der Waals surface area (Å²) in [6.45, 7) is 6.74. The molecule has 276 valence electrons. The molecular weight excluding hydrogens is 707 g/mol. The van der Waals surface area contributed by atoms with Gasteiger partial charge in [-0.3, -0.25) is 14.4 Å². The van der Waals surface area contributed by atoms with E-state index in [4.69, 9.17) is 21.3 Å². The van der Waals surface area contributed by atoms with E-state index in [0.29, 0.717) is 43.1 Å². The molecule has 4 aromatic rings. The van der Waals surface area contributed by atoms with Crippen LogP contribution in [0.1, 0.15) is 47.7 Å². The molecular formula is C34H37ClF3N9O5. The smallest absolute Gasteiger partial charge is 0.416 e. The van der Waals surface area contributed by atoms with Crippen molar-refractivity contribution in [1.29, 1.82) is 0 Å². The summed E-state index contributed by atoms with van der Waals surface area (Å²) in [5.74, 6) is -0.910. The maximum atomic E-state index is 14.5. The van der Waals surface area contributed by atoms with Gasteiger partial charge in [0.2, 0.25) is 11.3 Å². The van der Waals surface area contributed by atoms with E-state index in [9.17, 15) is 32.7 Å². The lowest BCUT2D eigenvalue weighted by Crippen LogP contribution is -2.56. The predicted molar refractivity (Wildman–Crippen MR) is 187 cm³/mol. The van der Waals surface area contributed by atoms with Gasteiger partial charge in [-0.25, -0.2) is 19.9 Å². The molecule has 0 aliphatic carbocycles. The molecule has 1 atom stereocenters. The van der Waals surface area contributed by atoms with Gasteiger partial charge >= 0.3 is 6.18 Å². The number of halogens is 4. The van der Waals surface area contributed by atoms with Gasteiger partial charge in [-0.1, -0.05) is 25.4 Å². The highest BCUT2D eigenvalue weighted by Gasteiger charge is 2.36. The fraction of sp³-hybridized carbons (Fsp3) is 0.441. The number of benzene rings is 1. The molecule has 2 aliphatic heterocycles. The van der Waals surface area contributed by atoms with E-state index in [1.54, 1.807) is 23.5 Å². The molecule has 18 heteroatoms. The maximum absolute atomic E-state index is 14.5. The third-order valence-electron chi connectivity index (χ3n) is 9.48. The van der Waals surface area contributed by atoms with Crippen molar-refractivity contribution in [1.82, 2.24) is 29.4 Å². The van der Waals surface area contributed by atoms with Gasteiger partial charge in [0.1, 0.15) is 24.4 Å². The molecule has 0 bridgehead atoms. The van der Waals surface area contributed by atoms with E-state index in [1.165, 1.54) is 12.5 Å². The second kappa shape index (κ2) is 14.5. The number of alkyl halides is 3. The number of rotatable bonds is 9. The molecule has 0 radical (unpaired) electrons. The van der Waals surface area contributed by atoms with Gasteiger partial charge in [-0.15, -0.1) is 0 Å². The number of ether oxygens (including phenoxy) is 1. The number of aromatic nitrogens is 5. The van der Waals surface area contributed by atoms with Crippen molar-refractivity contribution < 1.29 is 32.6 Å². The van der Waals surface area contributed by atoms with E-state index in [-0.39, 0.29) is 77.3 Å². The zero-order valence-electron chi connectivity index (χ0n) is 28.9. The highest BCUT2D eigenvalue weighted by molar-refractivity contribution is 6.33. The number of hydrogen-bond acceptors (Lipinski definition) is 11. The number of pyridine rings is 1. The summed E-state index contributed by atoms with van der Waals surface area (Å²) in [4.78, 5) is 64.3. The SMILES string of the molecule is CCc1c(N2CCN(C(=O)c3ncnc(C)c3O)C(CC)C2)c(=O)c2nc(N3CC(OC)C3)cnc2n1CC(=O)Nc1ccc(C(F)(F)F)cc1Cl. The quantitative estimate of drug-likeness (QED) is 0.255. The second-order valence-corrected chi connectivity index (χ2v) is 13.0. The van der Waals surface area contributed by atoms with Crippen molar-refractivity contribution in [2.75, 3.05) is 55.0 Å². The van der Waals surface area contributed by atoms with E-state index in [1.807, 2.05) is 23.6 Å². The van der Waals surface area contributed by atoms with Crippen LogP contribution in [-0.2, 0) is 28.7 Å². The predicted octanol–water partition coefficient (Wildman–Crippen LogP) is 4.04. The van der Waals surface area contributed by atoms with Gasteiger partial charge in [0, 0.05) is 51.6 Å². The first kappa shape index (κ1) is 36.8. The van der Waals surface area contributed by atoms with E-state index < -0.39 is 29.0 Å². The number of hydrogen-bond donors (Lipinski definition) is 2. The fourth-order valence-corrected chi connectivity index (χ4v) is 6.79. The molecule has 0 saturated carbocycles. The first-order chi connectivity index (χ1) is 24.7. The van der Waals surface area contributed by atoms with Crippen LogP contribution >= 0.6 is 11.6 Å². The van der Waals surface area contributed by atoms with Crippen molar-refractivity contribution >= 4 is 51.8 Å². The molecule has 14 nitrogen and oxygen atoms in total. The van der Waals surface area contributed by atoms with Crippen LogP contribution in [0.2, 0.25) is 5.02 Å². The summed E-state index contributed by atoms with van der Waals surface area (Å²) < 4.78 is 46.7. The number of piperazine rings is 1. The summed E-state index contributed by atoms with van der Waals surface area (Å²) in [7, 11) is 1.61. The van der Waals surface area contributed by atoms with Crippen LogP contribution in [0.15, 0.2) is 35.5 Å². The lowest BCUT2D eigenvalue weighted by molar-refractivity contribution is -0.137. The number of methoxy groups -OCH3 is 1. The van der Waals surface area contributed by atoms with Crippen LogP contribution in [0.4, 0.5) is 30.4 Å². The average molecular weight is 744 g/mol. The van der Waals surface area contributed by atoms with Gasteiger partial charge in [-0.05, 0) is 38.0 Å². The Morgan fingerprint density at radius 2 is 1.85 bits per heavy atom. The number of amides is 2. The number of nitrogens with one attached hydrogen (secondary N) is 1. The third kappa shape index (κ3) is 6.93. The molecule has 52 heavy (non-hydrogen) atoms. The number of nitrogens with zero attached hydrogens (tertiary/aromatic N) is 8. The maximum Gasteiger partial charge on any atom is 0.416 e. The van der Waals surface area contributed by atoms with E-state index >= 15 is 0 Å². The number of carbonyl (C=O) groups is 2. The second-order valence-electron chi connectivity index (χ2n) is 12.6. The van der Waals surface area contributed by atoms with Crippen LogP contribution in [-0.4, -0.2) is 98.3 Å². The average Bonchev–Trinajstić information content (AvgIpc) is 3.10. The Hall–Kier alpha value is -5.03. The summed E-state index contributed by atoms with van der Waals surface area (Å²) in [6, 6.07) is 2.27. The lowest BCUT2D eigenvalue weighted by Gasteiger charge is -2.42. The molecule has 1 unspecified atom stereocenters. The van der Waals surface area contributed by atoms with Gasteiger partial charge < -0.3 is 34.4 Å². The molecule has 5 heterocycles. The number of carbonyl (C=O) groups excluding carboxylic acids is 2. The standard InChI is InChI=1S/C34H37ClF3N9O5/c1-5-20-13-44(9-10-46(20)33(51)28-30(49)18(3)40-17-41-28)29-24(6-2)47(16-26(48)42-23-8-7-19(11-22(23)35)34(36,37)38)32-27(31(29)50)43-25(12-39-32)45-14-21(15-45)52-4/h7-8,11-12,17,20-21,49H,5-6,9-10,13-16H2,1-4H3,(H,42,48). The summed E-state index contributed by atoms with van der Waals surface area (Å²) in [5.41, 5.74) is -0.241. The van der Waals surface area contributed by atoms with Crippen LogP contribution in [0.3, 0.4) is 0 Å². The third-order valence-corrected chi connectivity index (χ3v) is 9.79. The Labute approximate surface area is 301 Å². The Morgan fingerprint density at radius 3 is 2.50 bits per heavy atom. The zero-order chi connectivity index (χ0) is 37.5. The minimum atomic E-state index is -4.61.